The maximum absolute atomic E-state index is 12.0. The van der Waals surface area contributed by atoms with Crippen LogP contribution in [0.4, 0.5) is 5.69 Å². The van der Waals surface area contributed by atoms with E-state index in [2.05, 4.69) is 10.1 Å². The summed E-state index contributed by atoms with van der Waals surface area (Å²) in [5, 5.41) is 2.91. The number of aryl methyl sites for hydroxylation is 1. The fraction of sp³-hybridized carbons (Fsp3) is 0.500. The van der Waals surface area contributed by atoms with Crippen molar-refractivity contribution in [3.8, 4) is 0 Å². The molecule has 1 N–H and O–H groups in total. The monoisotopic (exact) mass is 309 g/mol. The second-order valence-electron chi connectivity index (χ2n) is 4.94. The van der Waals surface area contributed by atoms with E-state index in [9.17, 15) is 9.59 Å². The van der Waals surface area contributed by atoms with Gasteiger partial charge in [-0.1, -0.05) is 19.1 Å². The lowest BCUT2D eigenvalue weighted by molar-refractivity contribution is -0.140. The molecule has 0 saturated heterocycles. The van der Waals surface area contributed by atoms with Gasteiger partial charge in [0.05, 0.1) is 7.11 Å². The Morgan fingerprint density at radius 3 is 2.52 bits per heavy atom. The highest BCUT2D eigenvalue weighted by atomic mass is 32.2. The number of hydrogen-bond donors (Lipinski definition) is 1. The van der Waals surface area contributed by atoms with Crippen molar-refractivity contribution in [2.24, 2.45) is 5.92 Å². The fourth-order valence-corrected chi connectivity index (χ4v) is 2.38. The van der Waals surface area contributed by atoms with Gasteiger partial charge in [-0.2, -0.15) is 11.8 Å². The minimum atomic E-state index is -0.213. The number of carbonyl (C=O) groups is 2. The van der Waals surface area contributed by atoms with Gasteiger partial charge in [0.2, 0.25) is 5.91 Å². The van der Waals surface area contributed by atoms with E-state index < -0.39 is 0 Å². The van der Waals surface area contributed by atoms with E-state index in [0.29, 0.717) is 12.8 Å². The molecular formula is C16H23NO3S. The van der Waals surface area contributed by atoms with Crippen LogP contribution in [-0.4, -0.2) is 31.0 Å². The first-order valence-corrected chi connectivity index (χ1v) is 8.41. The summed E-state index contributed by atoms with van der Waals surface area (Å²) in [4.78, 5) is 23.1. The predicted molar refractivity (Wildman–Crippen MR) is 87.6 cm³/mol. The van der Waals surface area contributed by atoms with Crippen LogP contribution in [0.3, 0.4) is 0 Å². The minimum Gasteiger partial charge on any atom is -0.469 e. The van der Waals surface area contributed by atoms with Crippen molar-refractivity contribution < 1.29 is 14.3 Å². The molecule has 0 bridgehead atoms. The first-order chi connectivity index (χ1) is 10.1. The second kappa shape index (κ2) is 9.45. The molecule has 1 rings (SSSR count). The molecule has 0 aliphatic heterocycles. The van der Waals surface area contributed by atoms with E-state index in [4.69, 9.17) is 0 Å². The Balaban J connectivity index is 2.46. The third-order valence-corrected chi connectivity index (χ3v) is 3.91. The maximum atomic E-state index is 12.0. The van der Waals surface area contributed by atoms with Gasteiger partial charge in [0.25, 0.3) is 0 Å². The molecule has 0 unspecified atom stereocenters. The van der Waals surface area contributed by atoms with E-state index in [0.717, 1.165) is 23.4 Å². The largest absolute Gasteiger partial charge is 0.469 e. The highest BCUT2D eigenvalue weighted by Crippen LogP contribution is 2.14. The van der Waals surface area contributed by atoms with E-state index in [1.165, 1.54) is 7.11 Å². The molecule has 0 saturated carbocycles. The van der Waals surface area contributed by atoms with Gasteiger partial charge >= 0.3 is 5.97 Å². The molecule has 0 aliphatic carbocycles. The smallest absolute Gasteiger partial charge is 0.305 e. The van der Waals surface area contributed by atoms with Crippen LogP contribution in [0.25, 0.3) is 0 Å². The number of hydrogen-bond acceptors (Lipinski definition) is 4. The molecule has 0 fully saturated rings. The van der Waals surface area contributed by atoms with Gasteiger partial charge in [0.1, 0.15) is 0 Å². The lowest BCUT2D eigenvalue weighted by Gasteiger charge is -2.12. The van der Waals surface area contributed by atoms with Gasteiger partial charge in [0.15, 0.2) is 0 Å². The van der Waals surface area contributed by atoms with Crippen molar-refractivity contribution in [3.05, 3.63) is 29.8 Å². The molecule has 0 aliphatic rings. The number of nitrogens with one attached hydrogen (secondary N) is 1. The summed E-state index contributed by atoms with van der Waals surface area (Å²) in [5.74, 6) is 0.832. The molecule has 21 heavy (non-hydrogen) atoms. The zero-order valence-electron chi connectivity index (χ0n) is 12.8. The van der Waals surface area contributed by atoms with E-state index in [-0.39, 0.29) is 17.8 Å². The van der Waals surface area contributed by atoms with Gasteiger partial charge in [-0.15, -0.1) is 0 Å². The number of anilines is 1. The number of ether oxygens (including phenoxy) is 1. The molecule has 1 amide bonds. The average Bonchev–Trinajstić information content (AvgIpc) is 2.51. The normalized spacial score (nSPS) is 11.8. The number of benzene rings is 1. The van der Waals surface area contributed by atoms with Crippen LogP contribution in [-0.2, 0) is 20.7 Å². The van der Waals surface area contributed by atoms with E-state index >= 15 is 0 Å². The second-order valence-corrected chi connectivity index (χ2v) is 5.93. The number of rotatable bonds is 8. The number of carbonyl (C=O) groups excluding carboxylic acids is 2. The molecule has 0 aromatic heterocycles. The molecule has 0 heterocycles. The highest BCUT2D eigenvalue weighted by molar-refractivity contribution is 7.98. The Hall–Kier alpha value is -1.49. The van der Waals surface area contributed by atoms with Gasteiger partial charge in [-0.05, 0) is 42.5 Å². The Bertz CT molecular complexity index is 459. The SMILES string of the molecule is COC(=O)CCc1ccc(NC(=O)[C@@H](C)CCSC)cc1. The Kier molecular flexibility index (Phi) is 7.90. The lowest BCUT2D eigenvalue weighted by Crippen LogP contribution is -2.20. The molecule has 1 aromatic rings. The molecule has 1 atom stereocenters. The van der Waals surface area contributed by atoms with Gasteiger partial charge in [-0.25, -0.2) is 0 Å². The number of esters is 1. The molecule has 5 heteroatoms. The molecule has 0 radical (unpaired) electrons. The minimum absolute atomic E-state index is 0.0106. The van der Waals surface area contributed by atoms with Crippen LogP contribution in [0, 0.1) is 5.92 Å². The molecule has 4 nitrogen and oxygen atoms in total. The molecule has 116 valence electrons. The fourth-order valence-electron chi connectivity index (χ4n) is 1.79. The number of amides is 1. The average molecular weight is 309 g/mol. The molecular weight excluding hydrogens is 286 g/mol. The summed E-state index contributed by atoms with van der Waals surface area (Å²) >= 11 is 1.75. The number of thioether (sulfide) groups is 1. The van der Waals surface area contributed by atoms with Crippen molar-refractivity contribution in [1.82, 2.24) is 0 Å². The Labute approximate surface area is 130 Å². The summed E-state index contributed by atoms with van der Waals surface area (Å²) in [5.41, 5.74) is 1.84. The zero-order chi connectivity index (χ0) is 15.7. The zero-order valence-corrected chi connectivity index (χ0v) is 13.7. The summed E-state index contributed by atoms with van der Waals surface area (Å²) in [6.07, 6.45) is 3.93. The quantitative estimate of drug-likeness (QED) is 0.750. The first kappa shape index (κ1) is 17.6. The Morgan fingerprint density at radius 2 is 1.95 bits per heavy atom. The van der Waals surface area contributed by atoms with E-state index in [1.54, 1.807) is 11.8 Å². The van der Waals surface area contributed by atoms with Crippen LogP contribution in [0.5, 0.6) is 0 Å². The first-order valence-electron chi connectivity index (χ1n) is 7.02. The van der Waals surface area contributed by atoms with Crippen LogP contribution in [0.1, 0.15) is 25.3 Å². The van der Waals surface area contributed by atoms with Crippen molar-refractivity contribution in [1.29, 1.82) is 0 Å². The van der Waals surface area contributed by atoms with Crippen molar-refractivity contribution in [2.45, 2.75) is 26.2 Å². The highest BCUT2D eigenvalue weighted by Gasteiger charge is 2.12. The van der Waals surface area contributed by atoms with Gasteiger partial charge < -0.3 is 10.1 Å². The summed E-state index contributed by atoms with van der Waals surface area (Å²) in [7, 11) is 1.39. The predicted octanol–water partition coefficient (Wildman–Crippen LogP) is 3.12. The van der Waals surface area contributed by atoms with Crippen LogP contribution >= 0.6 is 11.8 Å². The maximum Gasteiger partial charge on any atom is 0.305 e. The standard InChI is InChI=1S/C16H23NO3S/c1-12(10-11-21-3)16(19)17-14-7-4-13(5-8-14)6-9-15(18)20-2/h4-5,7-8,12H,6,9-11H2,1-3H3,(H,17,19)/t12-/m0/s1. The Morgan fingerprint density at radius 1 is 1.29 bits per heavy atom. The third-order valence-electron chi connectivity index (χ3n) is 3.27. The van der Waals surface area contributed by atoms with Crippen molar-refractivity contribution >= 4 is 29.3 Å². The van der Waals surface area contributed by atoms with Crippen LogP contribution < -0.4 is 5.32 Å². The van der Waals surface area contributed by atoms with Crippen LogP contribution in [0.2, 0.25) is 0 Å². The van der Waals surface area contributed by atoms with E-state index in [1.807, 2.05) is 37.4 Å². The summed E-state index contributed by atoms with van der Waals surface area (Å²) in [6, 6.07) is 7.58. The molecule has 0 spiro atoms. The summed E-state index contributed by atoms with van der Waals surface area (Å²) < 4.78 is 4.61. The topological polar surface area (TPSA) is 55.4 Å². The summed E-state index contributed by atoms with van der Waals surface area (Å²) in [6.45, 7) is 1.94. The van der Waals surface area contributed by atoms with Gasteiger partial charge in [0, 0.05) is 18.0 Å². The molecule has 1 aromatic carbocycles. The van der Waals surface area contributed by atoms with Crippen molar-refractivity contribution in [2.75, 3.05) is 24.4 Å². The van der Waals surface area contributed by atoms with Gasteiger partial charge in [-0.3, -0.25) is 9.59 Å². The third kappa shape index (κ3) is 6.67. The van der Waals surface area contributed by atoms with Crippen LogP contribution in [0.15, 0.2) is 24.3 Å². The number of methoxy groups -OCH3 is 1. The van der Waals surface area contributed by atoms with Crippen molar-refractivity contribution in [3.63, 3.8) is 0 Å². The lowest BCUT2D eigenvalue weighted by atomic mass is 10.1.